The van der Waals surface area contributed by atoms with Crippen LogP contribution in [0.5, 0.6) is 11.5 Å². The molecule has 1 aliphatic heterocycles. The van der Waals surface area contributed by atoms with Gasteiger partial charge in [0.05, 0.1) is 16.2 Å². The van der Waals surface area contributed by atoms with Gasteiger partial charge in [-0.15, -0.1) is 0 Å². The molecule has 0 unspecified atom stereocenters. The number of rotatable bonds is 2. The second-order valence-corrected chi connectivity index (χ2v) is 6.28. The zero-order valence-corrected chi connectivity index (χ0v) is 13.7. The van der Waals surface area contributed by atoms with Crippen LogP contribution in [0.3, 0.4) is 0 Å². The lowest BCUT2D eigenvalue weighted by Crippen LogP contribution is -2.19. The number of phenolic OH excluding ortho intramolecular Hbond substituents is 2. The summed E-state index contributed by atoms with van der Waals surface area (Å²) in [6.45, 7) is 0. The standard InChI is InChI=1S/C17H11F3N2O3S/c18-17(19,20)10-3-1-2-4-11(10)21-16-22-15(25)14(26-16)8-9-5-6-12(23)13(24)7-9/h1-8,23-24H,(H,21,22,25)/b14-8-. The maximum absolute atomic E-state index is 13.0. The van der Waals surface area contributed by atoms with Crippen LogP contribution in [-0.2, 0) is 11.0 Å². The summed E-state index contributed by atoms with van der Waals surface area (Å²) < 4.78 is 39.0. The van der Waals surface area contributed by atoms with Crippen molar-refractivity contribution in [1.29, 1.82) is 0 Å². The minimum Gasteiger partial charge on any atom is -0.504 e. The van der Waals surface area contributed by atoms with Crippen LogP contribution in [0.2, 0.25) is 0 Å². The van der Waals surface area contributed by atoms with Crippen molar-refractivity contribution in [2.45, 2.75) is 6.18 Å². The summed E-state index contributed by atoms with van der Waals surface area (Å²) in [4.78, 5) is 16.1. The molecule has 0 spiro atoms. The van der Waals surface area contributed by atoms with E-state index in [0.29, 0.717) is 5.56 Å². The van der Waals surface area contributed by atoms with Crippen molar-refractivity contribution in [3.63, 3.8) is 0 Å². The number of carbonyl (C=O) groups excluding carboxylic acids is 1. The van der Waals surface area contributed by atoms with Gasteiger partial charge in [-0.25, -0.2) is 4.99 Å². The monoisotopic (exact) mass is 380 g/mol. The summed E-state index contributed by atoms with van der Waals surface area (Å²) in [5, 5.41) is 21.2. The number of amidine groups is 1. The highest BCUT2D eigenvalue weighted by atomic mass is 32.2. The molecule has 1 amide bonds. The fraction of sp³-hybridized carbons (Fsp3) is 0.0588. The average Bonchev–Trinajstić information content (AvgIpc) is 2.90. The van der Waals surface area contributed by atoms with E-state index < -0.39 is 17.6 Å². The van der Waals surface area contributed by atoms with Gasteiger partial charge in [0.1, 0.15) is 0 Å². The fourth-order valence-electron chi connectivity index (χ4n) is 2.18. The number of hydrogen-bond donors (Lipinski definition) is 3. The van der Waals surface area contributed by atoms with Gasteiger partial charge in [-0.3, -0.25) is 4.79 Å². The predicted octanol–water partition coefficient (Wildman–Crippen LogP) is 4.01. The molecule has 1 heterocycles. The van der Waals surface area contributed by atoms with Crippen molar-refractivity contribution in [1.82, 2.24) is 5.32 Å². The smallest absolute Gasteiger partial charge is 0.418 e. The quantitative estimate of drug-likeness (QED) is 0.543. The molecule has 3 rings (SSSR count). The van der Waals surface area contributed by atoms with E-state index in [1.165, 1.54) is 42.5 Å². The van der Waals surface area contributed by atoms with E-state index >= 15 is 0 Å². The number of aliphatic imine (C=N–C) groups is 1. The van der Waals surface area contributed by atoms with Crippen LogP contribution in [0, 0.1) is 0 Å². The first-order valence-electron chi connectivity index (χ1n) is 7.22. The Kier molecular flexibility index (Phi) is 4.64. The lowest BCUT2D eigenvalue weighted by atomic mass is 10.2. The highest BCUT2D eigenvalue weighted by Gasteiger charge is 2.34. The Morgan fingerprint density at radius 3 is 2.50 bits per heavy atom. The third-order valence-corrected chi connectivity index (χ3v) is 4.29. The minimum atomic E-state index is -4.56. The maximum atomic E-state index is 13.0. The Morgan fingerprint density at radius 2 is 1.81 bits per heavy atom. The SMILES string of the molecule is O=C1NC(=Nc2ccccc2C(F)(F)F)S/C1=C\c1ccc(O)c(O)c1. The Bertz CT molecular complexity index is 939. The summed E-state index contributed by atoms with van der Waals surface area (Å²) >= 11 is 0.877. The highest BCUT2D eigenvalue weighted by Crippen LogP contribution is 2.37. The number of nitrogens with one attached hydrogen (secondary N) is 1. The number of hydrogen-bond acceptors (Lipinski definition) is 5. The van der Waals surface area contributed by atoms with E-state index in [1.54, 1.807) is 0 Å². The Labute approximate surface area is 149 Å². The number of thioether (sulfide) groups is 1. The molecule has 2 aromatic carbocycles. The van der Waals surface area contributed by atoms with E-state index in [-0.39, 0.29) is 27.3 Å². The van der Waals surface area contributed by atoms with Crippen molar-refractivity contribution in [3.05, 3.63) is 58.5 Å². The van der Waals surface area contributed by atoms with Crippen LogP contribution in [-0.4, -0.2) is 21.3 Å². The molecule has 5 nitrogen and oxygen atoms in total. The maximum Gasteiger partial charge on any atom is 0.418 e. The molecule has 134 valence electrons. The predicted molar refractivity (Wildman–Crippen MR) is 92.0 cm³/mol. The molecule has 9 heteroatoms. The first kappa shape index (κ1) is 17.9. The number of aromatic hydroxyl groups is 2. The van der Waals surface area contributed by atoms with Crippen LogP contribution in [0.25, 0.3) is 6.08 Å². The fourth-order valence-corrected chi connectivity index (χ4v) is 3.02. The van der Waals surface area contributed by atoms with Gasteiger partial charge in [-0.1, -0.05) is 18.2 Å². The van der Waals surface area contributed by atoms with Crippen LogP contribution in [0.15, 0.2) is 52.4 Å². The summed E-state index contributed by atoms with van der Waals surface area (Å²) in [6, 6.07) is 8.79. The molecule has 0 aromatic heterocycles. The summed E-state index contributed by atoms with van der Waals surface area (Å²) in [5.41, 5.74) is -0.760. The summed E-state index contributed by atoms with van der Waals surface area (Å²) in [6.07, 6.45) is -3.13. The molecule has 0 atom stereocenters. The molecule has 26 heavy (non-hydrogen) atoms. The number of para-hydroxylation sites is 1. The minimum absolute atomic E-state index is 0.0148. The summed E-state index contributed by atoms with van der Waals surface area (Å²) in [5.74, 6) is -1.18. The lowest BCUT2D eigenvalue weighted by molar-refractivity contribution is -0.137. The molecule has 1 saturated heterocycles. The molecule has 0 saturated carbocycles. The first-order valence-corrected chi connectivity index (χ1v) is 8.03. The highest BCUT2D eigenvalue weighted by molar-refractivity contribution is 8.18. The second-order valence-electron chi connectivity index (χ2n) is 5.24. The van der Waals surface area contributed by atoms with Crippen LogP contribution in [0.4, 0.5) is 18.9 Å². The van der Waals surface area contributed by atoms with Gasteiger partial charge in [-0.2, -0.15) is 13.2 Å². The average molecular weight is 380 g/mol. The van der Waals surface area contributed by atoms with Crippen LogP contribution < -0.4 is 5.32 Å². The van der Waals surface area contributed by atoms with Crippen molar-refractivity contribution in [3.8, 4) is 11.5 Å². The zero-order chi connectivity index (χ0) is 18.9. The van der Waals surface area contributed by atoms with E-state index in [1.807, 2.05) is 0 Å². The van der Waals surface area contributed by atoms with E-state index in [2.05, 4.69) is 10.3 Å². The number of alkyl halides is 3. The van der Waals surface area contributed by atoms with Gasteiger partial charge in [0.15, 0.2) is 16.7 Å². The van der Waals surface area contributed by atoms with Gasteiger partial charge >= 0.3 is 6.18 Å². The van der Waals surface area contributed by atoms with E-state index in [9.17, 15) is 28.2 Å². The largest absolute Gasteiger partial charge is 0.504 e. The molecular formula is C17H11F3N2O3S. The number of benzene rings is 2. The third-order valence-electron chi connectivity index (χ3n) is 3.38. The van der Waals surface area contributed by atoms with Crippen molar-refractivity contribution < 1.29 is 28.2 Å². The number of phenols is 2. The lowest BCUT2D eigenvalue weighted by Gasteiger charge is -2.09. The molecule has 0 aliphatic carbocycles. The molecule has 0 bridgehead atoms. The Hall–Kier alpha value is -2.94. The van der Waals surface area contributed by atoms with Gasteiger partial charge in [-0.05, 0) is 47.7 Å². The van der Waals surface area contributed by atoms with Gasteiger partial charge in [0, 0.05) is 0 Å². The van der Waals surface area contributed by atoms with Gasteiger partial charge < -0.3 is 15.5 Å². The number of halogens is 3. The normalized spacial score (nSPS) is 17.7. The Morgan fingerprint density at radius 1 is 1.08 bits per heavy atom. The molecule has 3 N–H and O–H groups in total. The van der Waals surface area contributed by atoms with E-state index in [4.69, 9.17) is 0 Å². The van der Waals surface area contributed by atoms with Crippen molar-refractivity contribution in [2.24, 2.45) is 4.99 Å². The van der Waals surface area contributed by atoms with E-state index in [0.717, 1.165) is 17.8 Å². The molecule has 1 fully saturated rings. The molecular weight excluding hydrogens is 369 g/mol. The third kappa shape index (κ3) is 3.83. The zero-order valence-electron chi connectivity index (χ0n) is 12.9. The molecule has 1 aliphatic rings. The van der Waals surface area contributed by atoms with Gasteiger partial charge in [0.2, 0.25) is 0 Å². The number of nitrogens with zero attached hydrogens (tertiary/aromatic N) is 1. The topological polar surface area (TPSA) is 81.9 Å². The number of amides is 1. The van der Waals surface area contributed by atoms with Crippen molar-refractivity contribution in [2.75, 3.05) is 0 Å². The Balaban J connectivity index is 1.90. The second kappa shape index (κ2) is 6.75. The molecule has 2 aromatic rings. The number of carbonyl (C=O) groups is 1. The summed E-state index contributed by atoms with van der Waals surface area (Å²) in [7, 11) is 0. The van der Waals surface area contributed by atoms with Gasteiger partial charge in [0.25, 0.3) is 5.91 Å². The first-order chi connectivity index (χ1) is 12.2. The van der Waals surface area contributed by atoms with Crippen LogP contribution >= 0.6 is 11.8 Å². The van der Waals surface area contributed by atoms with Crippen molar-refractivity contribution >= 4 is 34.6 Å². The molecule has 0 radical (unpaired) electrons. The van der Waals surface area contributed by atoms with Crippen LogP contribution in [0.1, 0.15) is 11.1 Å².